The van der Waals surface area contributed by atoms with Gasteiger partial charge in [0.15, 0.2) is 11.5 Å². The normalized spacial score (nSPS) is 10.7. The first-order valence-electron chi connectivity index (χ1n) is 8.12. The molecule has 0 atom stereocenters. The molecule has 0 spiro atoms. The molecule has 2 rings (SSSR count). The zero-order valence-electron chi connectivity index (χ0n) is 15.3. The number of carbonyl (C=O) groups excluding carboxylic acids is 2. The summed E-state index contributed by atoms with van der Waals surface area (Å²) < 4.78 is 11.8. The lowest BCUT2D eigenvalue weighted by molar-refractivity contribution is -0.115. The van der Waals surface area contributed by atoms with Crippen LogP contribution in [0.5, 0.6) is 11.5 Å². The molecule has 0 fully saturated rings. The number of nitrogens with zero attached hydrogens (tertiary/aromatic N) is 1. The fraction of sp³-hybridized carbons (Fsp3) is 0.150. The Hall–Kier alpha value is -3.31. The number of amides is 3. The minimum absolute atomic E-state index is 0.283. The summed E-state index contributed by atoms with van der Waals surface area (Å²) in [6.07, 6.45) is 1.31. The second-order valence-corrected chi connectivity index (χ2v) is 6.64. The Morgan fingerprint density at radius 3 is 2.50 bits per heavy atom. The number of hydrogen-bond acceptors (Lipinski definition) is 5. The van der Waals surface area contributed by atoms with Crippen molar-refractivity contribution in [1.29, 1.82) is 5.26 Å². The highest BCUT2D eigenvalue weighted by Gasteiger charge is 2.14. The predicted octanol–water partition coefficient (Wildman–Crippen LogP) is 3.45. The summed E-state index contributed by atoms with van der Waals surface area (Å²) in [6.45, 7) is 2.36. The van der Waals surface area contributed by atoms with Gasteiger partial charge in [-0.1, -0.05) is 45.8 Å². The summed E-state index contributed by atoms with van der Waals surface area (Å²) >= 11 is 3.39. The molecule has 28 heavy (non-hydrogen) atoms. The molecule has 0 heterocycles. The van der Waals surface area contributed by atoms with E-state index in [-0.39, 0.29) is 5.57 Å². The number of aryl methyl sites for hydroxylation is 1. The number of nitrogens with one attached hydrogen (secondary N) is 1. The van der Waals surface area contributed by atoms with Gasteiger partial charge in [0.05, 0.1) is 7.11 Å². The number of rotatable bonds is 6. The summed E-state index contributed by atoms with van der Waals surface area (Å²) in [5.74, 6) is 0.0296. The number of halogens is 1. The molecule has 3 N–H and O–H groups in total. The van der Waals surface area contributed by atoms with Crippen LogP contribution in [0.2, 0.25) is 0 Å². The molecule has 8 heteroatoms. The van der Waals surface area contributed by atoms with Gasteiger partial charge in [-0.05, 0) is 36.3 Å². The molecule has 2 aromatic carbocycles. The van der Waals surface area contributed by atoms with Crippen LogP contribution in [0.4, 0.5) is 4.79 Å². The van der Waals surface area contributed by atoms with Crippen molar-refractivity contribution in [3.05, 3.63) is 63.1 Å². The molecule has 0 saturated heterocycles. The van der Waals surface area contributed by atoms with E-state index in [1.54, 1.807) is 18.2 Å². The van der Waals surface area contributed by atoms with Crippen LogP contribution in [0.3, 0.4) is 0 Å². The molecular weight excluding hydrogens is 426 g/mol. The van der Waals surface area contributed by atoms with Crippen molar-refractivity contribution >= 4 is 33.9 Å². The molecule has 0 bridgehead atoms. The van der Waals surface area contributed by atoms with Crippen LogP contribution < -0.4 is 20.5 Å². The molecular formula is C20H18BrN3O4. The molecule has 0 radical (unpaired) electrons. The third-order valence-corrected chi connectivity index (χ3v) is 4.39. The maximum atomic E-state index is 11.8. The van der Waals surface area contributed by atoms with Crippen molar-refractivity contribution in [3.63, 3.8) is 0 Å². The third-order valence-electron chi connectivity index (χ3n) is 3.70. The average molecular weight is 444 g/mol. The summed E-state index contributed by atoms with van der Waals surface area (Å²) in [5.41, 5.74) is 7.29. The molecule has 3 amide bonds. The summed E-state index contributed by atoms with van der Waals surface area (Å²) in [7, 11) is 1.49. The number of ether oxygens (including phenoxy) is 2. The van der Waals surface area contributed by atoms with Gasteiger partial charge in [-0.25, -0.2) is 4.79 Å². The highest BCUT2D eigenvalue weighted by atomic mass is 79.9. The molecule has 144 valence electrons. The number of nitrogens with two attached hydrogens (primary N) is 1. The number of benzene rings is 2. The number of methoxy groups -OCH3 is 1. The second-order valence-electron chi connectivity index (χ2n) is 5.79. The van der Waals surface area contributed by atoms with Crippen molar-refractivity contribution in [1.82, 2.24) is 5.32 Å². The van der Waals surface area contributed by atoms with E-state index < -0.39 is 11.9 Å². The summed E-state index contributed by atoms with van der Waals surface area (Å²) in [4.78, 5) is 22.6. The number of urea groups is 1. The third kappa shape index (κ3) is 5.59. The highest BCUT2D eigenvalue weighted by Crippen LogP contribution is 2.35. The SMILES string of the molecule is COc1cc(/C=C(/C#N)C(=O)NC(N)=O)c(Br)cc1OCc1ccc(C)cc1. The fourth-order valence-electron chi connectivity index (χ4n) is 2.26. The Labute approximate surface area is 170 Å². The van der Waals surface area contributed by atoms with Gasteiger partial charge in [0.2, 0.25) is 0 Å². The largest absolute Gasteiger partial charge is 0.493 e. The van der Waals surface area contributed by atoms with Gasteiger partial charge in [-0.2, -0.15) is 5.26 Å². The van der Waals surface area contributed by atoms with Gasteiger partial charge < -0.3 is 15.2 Å². The van der Waals surface area contributed by atoms with E-state index in [4.69, 9.17) is 20.5 Å². The first-order valence-corrected chi connectivity index (χ1v) is 8.91. The van der Waals surface area contributed by atoms with Crippen LogP contribution in [0.15, 0.2) is 46.4 Å². The van der Waals surface area contributed by atoms with Crippen LogP contribution in [-0.4, -0.2) is 19.0 Å². The average Bonchev–Trinajstić information content (AvgIpc) is 2.66. The lowest BCUT2D eigenvalue weighted by Gasteiger charge is -2.13. The topological polar surface area (TPSA) is 114 Å². The number of imide groups is 1. The minimum atomic E-state index is -1.04. The number of hydrogen-bond donors (Lipinski definition) is 2. The quantitative estimate of drug-likeness (QED) is 0.523. The van der Waals surface area contributed by atoms with Gasteiger partial charge >= 0.3 is 6.03 Å². The van der Waals surface area contributed by atoms with Crippen molar-refractivity contribution in [2.45, 2.75) is 13.5 Å². The van der Waals surface area contributed by atoms with Crippen LogP contribution >= 0.6 is 15.9 Å². The van der Waals surface area contributed by atoms with Gasteiger partial charge in [-0.15, -0.1) is 0 Å². The van der Waals surface area contributed by atoms with Gasteiger partial charge in [0.1, 0.15) is 18.2 Å². The minimum Gasteiger partial charge on any atom is -0.493 e. The van der Waals surface area contributed by atoms with Crippen LogP contribution in [-0.2, 0) is 11.4 Å². The molecule has 7 nitrogen and oxygen atoms in total. The molecule has 2 aromatic rings. The van der Waals surface area contributed by atoms with E-state index >= 15 is 0 Å². The smallest absolute Gasteiger partial charge is 0.319 e. The standard InChI is InChI=1S/C20H18BrN3O4/c1-12-3-5-13(6-4-12)11-28-18-9-16(21)14(8-17(18)27-2)7-15(10-22)19(25)24-20(23)26/h3-9H,11H2,1-2H3,(H3,23,24,25,26)/b15-7-. The maximum Gasteiger partial charge on any atom is 0.319 e. The molecule has 0 aliphatic carbocycles. The van der Waals surface area contributed by atoms with E-state index in [1.807, 2.05) is 36.5 Å². The molecule has 0 unspecified atom stereocenters. The first-order chi connectivity index (χ1) is 13.3. The fourth-order valence-corrected chi connectivity index (χ4v) is 2.70. The van der Waals surface area contributed by atoms with E-state index in [0.717, 1.165) is 11.1 Å². The molecule has 0 aliphatic heterocycles. The number of nitriles is 1. The maximum absolute atomic E-state index is 11.8. The Morgan fingerprint density at radius 1 is 1.25 bits per heavy atom. The number of primary amides is 1. The zero-order chi connectivity index (χ0) is 20.7. The van der Waals surface area contributed by atoms with Crippen molar-refractivity contribution < 1.29 is 19.1 Å². The lowest BCUT2D eigenvalue weighted by Crippen LogP contribution is -2.35. The molecule has 0 saturated carbocycles. The Bertz CT molecular complexity index is 963. The number of carbonyl (C=O) groups is 2. The Morgan fingerprint density at radius 2 is 1.93 bits per heavy atom. The summed E-state index contributed by atoms with van der Waals surface area (Å²) in [5, 5.41) is 11.0. The predicted molar refractivity (Wildman–Crippen MR) is 108 cm³/mol. The van der Waals surface area contributed by atoms with Crippen LogP contribution in [0.25, 0.3) is 6.08 Å². The van der Waals surface area contributed by atoms with Crippen molar-refractivity contribution in [3.8, 4) is 17.6 Å². The van der Waals surface area contributed by atoms with Crippen LogP contribution in [0, 0.1) is 18.3 Å². The summed E-state index contributed by atoms with van der Waals surface area (Å²) in [6, 6.07) is 11.9. The van der Waals surface area contributed by atoms with E-state index in [0.29, 0.717) is 28.1 Å². The monoisotopic (exact) mass is 443 g/mol. The second kappa shape index (κ2) is 9.58. The Balaban J connectivity index is 2.28. The van der Waals surface area contributed by atoms with E-state index in [9.17, 15) is 9.59 Å². The Kier molecular flexibility index (Phi) is 7.18. The van der Waals surface area contributed by atoms with Gasteiger partial charge in [0, 0.05) is 4.47 Å². The molecule has 0 aromatic heterocycles. The van der Waals surface area contributed by atoms with E-state index in [2.05, 4.69) is 15.9 Å². The zero-order valence-corrected chi connectivity index (χ0v) is 16.9. The van der Waals surface area contributed by atoms with Gasteiger partial charge in [0.25, 0.3) is 5.91 Å². The van der Waals surface area contributed by atoms with Crippen molar-refractivity contribution in [2.75, 3.05) is 7.11 Å². The van der Waals surface area contributed by atoms with Crippen molar-refractivity contribution in [2.24, 2.45) is 5.73 Å². The molecule has 0 aliphatic rings. The first kappa shape index (κ1) is 21.0. The highest BCUT2D eigenvalue weighted by molar-refractivity contribution is 9.10. The van der Waals surface area contributed by atoms with Gasteiger partial charge in [-0.3, -0.25) is 10.1 Å². The lowest BCUT2D eigenvalue weighted by atomic mass is 10.1. The van der Waals surface area contributed by atoms with Crippen LogP contribution in [0.1, 0.15) is 16.7 Å². The van der Waals surface area contributed by atoms with E-state index in [1.165, 1.54) is 13.2 Å².